The van der Waals surface area contributed by atoms with Crippen LogP contribution in [0.25, 0.3) is 0 Å². The number of likely N-dealkylation sites (tertiary alicyclic amines) is 2. The minimum absolute atomic E-state index is 0.0756. The van der Waals surface area contributed by atoms with E-state index >= 15 is 0 Å². The Kier molecular flexibility index (Phi) is 5.85. The average molecular weight is 297 g/mol. The van der Waals surface area contributed by atoms with Gasteiger partial charge in [-0.15, -0.1) is 0 Å². The topological polar surface area (TPSA) is 61.9 Å². The molecule has 2 fully saturated rings. The van der Waals surface area contributed by atoms with Gasteiger partial charge in [-0.3, -0.25) is 9.69 Å². The summed E-state index contributed by atoms with van der Waals surface area (Å²) in [6, 6.07) is -0.0264. The molecule has 0 spiro atoms. The third kappa shape index (κ3) is 4.33. The number of carbonyl (C=O) groups excluding carboxylic acids is 2. The zero-order chi connectivity index (χ0) is 15.2. The predicted molar refractivity (Wildman–Crippen MR) is 80.0 cm³/mol. The van der Waals surface area contributed by atoms with Crippen molar-refractivity contribution in [1.29, 1.82) is 0 Å². The van der Waals surface area contributed by atoms with Crippen molar-refractivity contribution in [3.8, 4) is 0 Å². The van der Waals surface area contributed by atoms with Crippen LogP contribution >= 0.6 is 0 Å². The van der Waals surface area contributed by atoms with Crippen LogP contribution in [0.3, 0.4) is 0 Å². The number of hydrogen-bond acceptors (Lipinski definition) is 4. The zero-order valence-corrected chi connectivity index (χ0v) is 13.1. The Labute approximate surface area is 126 Å². The number of nitrogens with zero attached hydrogens (tertiary/aromatic N) is 2. The molecule has 0 aromatic heterocycles. The fourth-order valence-electron chi connectivity index (χ4n) is 3.17. The van der Waals surface area contributed by atoms with Crippen molar-refractivity contribution in [3.63, 3.8) is 0 Å². The average Bonchev–Trinajstić information content (AvgIpc) is 3.00. The first kappa shape index (κ1) is 16.1. The van der Waals surface area contributed by atoms with Gasteiger partial charge < -0.3 is 15.0 Å². The standard InChI is InChI=1S/C15H27N3O3/c1-3-21-15(20)16-13-7-6-10-18(11-13)12(2)14(19)17-8-4-5-9-17/h12-13H,3-11H2,1-2H3,(H,16,20)/t12-,13-/m0/s1. The first-order chi connectivity index (χ1) is 10.1. The summed E-state index contributed by atoms with van der Waals surface area (Å²) in [6.07, 6.45) is 3.81. The molecule has 1 N–H and O–H groups in total. The second kappa shape index (κ2) is 7.64. The van der Waals surface area contributed by atoms with Crippen LogP contribution in [0.4, 0.5) is 4.79 Å². The van der Waals surface area contributed by atoms with E-state index in [4.69, 9.17) is 4.74 Å². The van der Waals surface area contributed by atoms with Gasteiger partial charge in [0.1, 0.15) is 0 Å². The van der Waals surface area contributed by atoms with E-state index in [2.05, 4.69) is 10.2 Å². The van der Waals surface area contributed by atoms with Crippen molar-refractivity contribution >= 4 is 12.0 Å². The molecule has 2 amide bonds. The van der Waals surface area contributed by atoms with Gasteiger partial charge in [0.2, 0.25) is 5.91 Å². The van der Waals surface area contributed by atoms with E-state index < -0.39 is 0 Å². The van der Waals surface area contributed by atoms with Crippen molar-refractivity contribution in [2.75, 3.05) is 32.8 Å². The molecule has 0 aromatic carbocycles. The van der Waals surface area contributed by atoms with Gasteiger partial charge in [-0.05, 0) is 46.1 Å². The van der Waals surface area contributed by atoms with Crippen LogP contribution in [0.2, 0.25) is 0 Å². The molecule has 0 aromatic rings. The molecule has 2 heterocycles. The minimum atomic E-state index is -0.358. The monoisotopic (exact) mass is 297 g/mol. The highest BCUT2D eigenvalue weighted by atomic mass is 16.5. The summed E-state index contributed by atoms with van der Waals surface area (Å²) >= 11 is 0. The van der Waals surface area contributed by atoms with E-state index in [0.29, 0.717) is 6.61 Å². The molecule has 2 saturated heterocycles. The number of piperidine rings is 1. The number of rotatable bonds is 4. The van der Waals surface area contributed by atoms with Crippen LogP contribution < -0.4 is 5.32 Å². The molecule has 120 valence electrons. The Morgan fingerprint density at radius 3 is 2.62 bits per heavy atom. The van der Waals surface area contributed by atoms with E-state index in [9.17, 15) is 9.59 Å². The number of amides is 2. The van der Waals surface area contributed by atoms with Crippen LogP contribution in [-0.4, -0.2) is 66.7 Å². The molecular weight excluding hydrogens is 270 g/mol. The van der Waals surface area contributed by atoms with E-state index in [-0.39, 0.29) is 24.1 Å². The Bertz CT molecular complexity index is 369. The SMILES string of the molecule is CCOC(=O)N[C@H]1CCCN([C@@H](C)C(=O)N2CCCC2)C1. The fraction of sp³-hybridized carbons (Fsp3) is 0.867. The van der Waals surface area contributed by atoms with Crippen LogP contribution in [-0.2, 0) is 9.53 Å². The number of carbonyl (C=O) groups is 2. The van der Waals surface area contributed by atoms with Crippen molar-refractivity contribution in [3.05, 3.63) is 0 Å². The van der Waals surface area contributed by atoms with Crippen LogP contribution in [0.15, 0.2) is 0 Å². The lowest BCUT2D eigenvalue weighted by atomic mass is 10.0. The van der Waals surface area contributed by atoms with E-state index in [0.717, 1.165) is 51.9 Å². The molecule has 2 aliphatic rings. The van der Waals surface area contributed by atoms with Gasteiger partial charge in [0, 0.05) is 25.7 Å². The highest BCUT2D eigenvalue weighted by Crippen LogP contribution is 2.17. The largest absolute Gasteiger partial charge is 0.450 e. The molecule has 21 heavy (non-hydrogen) atoms. The lowest BCUT2D eigenvalue weighted by Crippen LogP contribution is -2.54. The molecule has 0 aliphatic carbocycles. The molecular formula is C15H27N3O3. The van der Waals surface area contributed by atoms with Gasteiger partial charge in [-0.2, -0.15) is 0 Å². The van der Waals surface area contributed by atoms with Crippen molar-refractivity contribution in [2.45, 2.75) is 51.6 Å². The normalized spacial score (nSPS) is 24.7. The molecule has 2 aliphatic heterocycles. The van der Waals surface area contributed by atoms with Crippen molar-refractivity contribution in [2.24, 2.45) is 0 Å². The Hall–Kier alpha value is -1.30. The summed E-state index contributed by atoms with van der Waals surface area (Å²) in [5, 5.41) is 2.89. The number of nitrogens with one attached hydrogen (secondary N) is 1. The van der Waals surface area contributed by atoms with Gasteiger partial charge in [0.25, 0.3) is 0 Å². The molecule has 0 bridgehead atoms. The van der Waals surface area contributed by atoms with Gasteiger partial charge in [0.15, 0.2) is 0 Å². The maximum absolute atomic E-state index is 12.4. The second-order valence-electron chi connectivity index (χ2n) is 5.91. The van der Waals surface area contributed by atoms with Crippen LogP contribution in [0, 0.1) is 0 Å². The summed E-state index contributed by atoms with van der Waals surface area (Å²) in [7, 11) is 0. The number of ether oxygens (including phenoxy) is 1. The summed E-state index contributed by atoms with van der Waals surface area (Å²) in [5.74, 6) is 0.226. The Morgan fingerprint density at radius 1 is 1.24 bits per heavy atom. The molecule has 2 atom stereocenters. The van der Waals surface area contributed by atoms with Gasteiger partial charge in [-0.25, -0.2) is 4.79 Å². The lowest BCUT2D eigenvalue weighted by molar-refractivity contribution is -0.135. The molecule has 2 rings (SSSR count). The Morgan fingerprint density at radius 2 is 1.95 bits per heavy atom. The first-order valence-corrected chi connectivity index (χ1v) is 8.08. The summed E-state index contributed by atoms with van der Waals surface area (Å²) in [5.41, 5.74) is 0. The lowest BCUT2D eigenvalue weighted by Gasteiger charge is -2.37. The van der Waals surface area contributed by atoms with E-state index in [1.807, 2.05) is 11.8 Å². The molecule has 0 unspecified atom stereocenters. The molecule has 6 nitrogen and oxygen atoms in total. The molecule has 0 saturated carbocycles. The van der Waals surface area contributed by atoms with Gasteiger partial charge >= 0.3 is 6.09 Å². The highest BCUT2D eigenvalue weighted by Gasteiger charge is 2.31. The van der Waals surface area contributed by atoms with Crippen molar-refractivity contribution < 1.29 is 14.3 Å². The third-order valence-corrected chi connectivity index (χ3v) is 4.37. The maximum Gasteiger partial charge on any atom is 0.407 e. The third-order valence-electron chi connectivity index (χ3n) is 4.37. The van der Waals surface area contributed by atoms with Crippen LogP contribution in [0.5, 0.6) is 0 Å². The summed E-state index contributed by atoms with van der Waals surface area (Å²) in [4.78, 5) is 28.1. The van der Waals surface area contributed by atoms with Crippen LogP contribution in [0.1, 0.15) is 39.5 Å². The number of hydrogen-bond donors (Lipinski definition) is 1. The highest BCUT2D eigenvalue weighted by molar-refractivity contribution is 5.81. The predicted octanol–water partition coefficient (Wildman–Crippen LogP) is 1.21. The maximum atomic E-state index is 12.4. The van der Waals surface area contributed by atoms with E-state index in [1.165, 1.54) is 0 Å². The first-order valence-electron chi connectivity index (χ1n) is 8.08. The van der Waals surface area contributed by atoms with E-state index in [1.54, 1.807) is 6.92 Å². The summed E-state index contributed by atoms with van der Waals surface area (Å²) in [6.45, 7) is 7.58. The minimum Gasteiger partial charge on any atom is -0.450 e. The smallest absolute Gasteiger partial charge is 0.407 e. The second-order valence-corrected chi connectivity index (χ2v) is 5.91. The van der Waals surface area contributed by atoms with Gasteiger partial charge in [0.05, 0.1) is 12.6 Å². The summed E-state index contributed by atoms with van der Waals surface area (Å²) < 4.78 is 4.93. The zero-order valence-electron chi connectivity index (χ0n) is 13.1. The molecule has 6 heteroatoms. The fourth-order valence-corrected chi connectivity index (χ4v) is 3.17. The quantitative estimate of drug-likeness (QED) is 0.847. The van der Waals surface area contributed by atoms with Crippen molar-refractivity contribution in [1.82, 2.24) is 15.1 Å². The Balaban J connectivity index is 1.84. The number of alkyl carbamates (subject to hydrolysis) is 1. The molecule has 0 radical (unpaired) electrons. The van der Waals surface area contributed by atoms with Gasteiger partial charge in [-0.1, -0.05) is 0 Å².